The molecule has 10 heavy (non-hydrogen) atoms. The minimum absolute atomic E-state index is 0.0418. The van der Waals surface area contributed by atoms with Crippen molar-refractivity contribution in [3.8, 4) is 0 Å². The second-order valence-corrected chi connectivity index (χ2v) is 2.56. The lowest BCUT2D eigenvalue weighted by atomic mass is 10.1. The Bertz CT molecular complexity index is 178. The molecular formula is C6H9NO3. The van der Waals surface area contributed by atoms with Gasteiger partial charge in [-0.25, -0.2) is 0 Å². The predicted octanol–water partition coefficient (Wildman–Crippen LogP) is -0.623. The molecule has 2 atom stereocenters. The van der Waals surface area contributed by atoms with Crippen LogP contribution in [0.4, 0.5) is 0 Å². The fourth-order valence-corrected chi connectivity index (χ4v) is 1.16. The van der Waals surface area contributed by atoms with Gasteiger partial charge in [-0.15, -0.1) is 0 Å². The number of hydrogen-bond donors (Lipinski definition) is 2. The third kappa shape index (κ3) is 1.16. The van der Waals surface area contributed by atoms with Gasteiger partial charge in [0.2, 0.25) is 0 Å². The Morgan fingerprint density at radius 1 is 1.60 bits per heavy atom. The van der Waals surface area contributed by atoms with Crippen LogP contribution in [-0.2, 0) is 9.59 Å². The van der Waals surface area contributed by atoms with Crippen LogP contribution in [0.15, 0.2) is 0 Å². The quantitative estimate of drug-likeness (QED) is 0.512. The zero-order valence-electron chi connectivity index (χ0n) is 5.41. The fraction of sp³-hybridized carbons (Fsp3) is 0.667. The summed E-state index contributed by atoms with van der Waals surface area (Å²) in [5, 5.41) is 8.47. The summed E-state index contributed by atoms with van der Waals surface area (Å²) in [5.41, 5.74) is 5.37. The average molecular weight is 143 g/mol. The normalized spacial score (nSPS) is 32.7. The maximum absolute atomic E-state index is 10.6. The van der Waals surface area contributed by atoms with E-state index in [-0.39, 0.29) is 18.6 Å². The van der Waals surface area contributed by atoms with E-state index in [1.807, 2.05) is 0 Å². The van der Waals surface area contributed by atoms with E-state index in [1.54, 1.807) is 0 Å². The topological polar surface area (TPSA) is 80.4 Å². The van der Waals surface area contributed by atoms with E-state index in [0.29, 0.717) is 0 Å². The molecule has 56 valence electrons. The number of carbonyl (C=O) groups is 2. The molecule has 4 nitrogen and oxygen atoms in total. The first kappa shape index (κ1) is 7.21. The monoisotopic (exact) mass is 143 g/mol. The number of ketones is 1. The number of aliphatic carboxylic acids is 1. The summed E-state index contributed by atoms with van der Waals surface area (Å²) >= 11 is 0. The molecule has 4 heteroatoms. The number of hydrogen-bond acceptors (Lipinski definition) is 3. The minimum Gasteiger partial charge on any atom is -0.481 e. The Balaban J connectivity index is 2.63. The summed E-state index contributed by atoms with van der Waals surface area (Å²) in [6.45, 7) is 0. The van der Waals surface area contributed by atoms with Crippen LogP contribution in [0.2, 0.25) is 0 Å². The Labute approximate surface area is 58.0 Å². The van der Waals surface area contributed by atoms with E-state index in [9.17, 15) is 9.59 Å². The Kier molecular flexibility index (Phi) is 1.72. The number of nitrogens with two attached hydrogens (primary N) is 1. The lowest BCUT2D eigenvalue weighted by molar-refractivity contribution is -0.142. The van der Waals surface area contributed by atoms with Crippen LogP contribution in [0.3, 0.4) is 0 Å². The Morgan fingerprint density at radius 2 is 2.20 bits per heavy atom. The van der Waals surface area contributed by atoms with Crippen molar-refractivity contribution in [2.75, 3.05) is 0 Å². The summed E-state index contributed by atoms with van der Waals surface area (Å²) in [7, 11) is 0. The van der Waals surface area contributed by atoms with Crippen molar-refractivity contribution in [3.05, 3.63) is 0 Å². The molecule has 3 N–H and O–H groups in total. The molecule has 1 saturated carbocycles. The van der Waals surface area contributed by atoms with Crippen LogP contribution < -0.4 is 5.73 Å². The van der Waals surface area contributed by atoms with Gasteiger partial charge in [0.05, 0.1) is 5.92 Å². The first-order chi connectivity index (χ1) is 4.61. The van der Waals surface area contributed by atoms with Gasteiger partial charge in [-0.3, -0.25) is 9.59 Å². The number of carboxylic acid groups (broad SMARTS) is 1. The summed E-state index contributed by atoms with van der Waals surface area (Å²) in [5.74, 6) is -1.65. The first-order valence-electron chi connectivity index (χ1n) is 3.11. The summed E-state index contributed by atoms with van der Waals surface area (Å²) in [4.78, 5) is 21.0. The highest BCUT2D eigenvalue weighted by Crippen LogP contribution is 2.20. The largest absolute Gasteiger partial charge is 0.481 e. The molecule has 0 aromatic heterocycles. The molecule has 0 amide bonds. The fourth-order valence-electron chi connectivity index (χ4n) is 1.16. The maximum Gasteiger partial charge on any atom is 0.308 e. The molecule has 0 aromatic rings. The Hall–Kier alpha value is -0.900. The molecule has 0 aliphatic heterocycles. The maximum atomic E-state index is 10.6. The zero-order chi connectivity index (χ0) is 7.72. The molecule has 0 saturated heterocycles. The van der Waals surface area contributed by atoms with Crippen molar-refractivity contribution in [2.45, 2.75) is 18.9 Å². The third-order valence-corrected chi connectivity index (χ3v) is 1.74. The van der Waals surface area contributed by atoms with Crippen LogP contribution in [0, 0.1) is 5.92 Å². The predicted molar refractivity (Wildman–Crippen MR) is 33.3 cm³/mol. The van der Waals surface area contributed by atoms with Gasteiger partial charge in [0, 0.05) is 18.9 Å². The van der Waals surface area contributed by atoms with E-state index >= 15 is 0 Å². The van der Waals surface area contributed by atoms with Crippen LogP contribution in [-0.4, -0.2) is 22.9 Å². The molecule has 1 aliphatic carbocycles. The van der Waals surface area contributed by atoms with Crippen LogP contribution in [0.1, 0.15) is 12.8 Å². The van der Waals surface area contributed by atoms with E-state index in [2.05, 4.69) is 0 Å². The van der Waals surface area contributed by atoms with E-state index in [4.69, 9.17) is 10.8 Å². The standard InChI is InChI=1S/C6H9NO3/c7-5-2-3(8)1-4(5)6(9)10/h4-5H,1-2,7H2,(H,9,10)/t4-,5+/m1/s1. The van der Waals surface area contributed by atoms with Gasteiger partial charge < -0.3 is 10.8 Å². The molecule has 1 aliphatic rings. The summed E-state index contributed by atoms with van der Waals surface area (Å²) in [6.07, 6.45) is 0.327. The van der Waals surface area contributed by atoms with Gasteiger partial charge in [-0.2, -0.15) is 0 Å². The average Bonchev–Trinajstić information content (AvgIpc) is 2.10. The highest BCUT2D eigenvalue weighted by Gasteiger charge is 2.35. The number of Topliss-reactive ketones (excluding diaryl/α,β-unsaturated/α-hetero) is 1. The lowest BCUT2D eigenvalue weighted by Gasteiger charge is -2.06. The van der Waals surface area contributed by atoms with Gasteiger partial charge in [0.1, 0.15) is 5.78 Å². The molecular weight excluding hydrogens is 134 g/mol. The van der Waals surface area contributed by atoms with Gasteiger partial charge in [0.25, 0.3) is 0 Å². The van der Waals surface area contributed by atoms with E-state index in [0.717, 1.165) is 0 Å². The SMILES string of the molecule is N[C@H]1CC(=O)C[C@H]1C(=O)O. The second-order valence-electron chi connectivity index (χ2n) is 2.56. The molecule has 0 unspecified atom stereocenters. The number of carboxylic acids is 1. The Morgan fingerprint density at radius 3 is 2.40 bits per heavy atom. The van der Waals surface area contributed by atoms with Crippen LogP contribution in [0.25, 0.3) is 0 Å². The highest BCUT2D eigenvalue weighted by atomic mass is 16.4. The van der Waals surface area contributed by atoms with Crippen LogP contribution in [0.5, 0.6) is 0 Å². The van der Waals surface area contributed by atoms with Crippen molar-refractivity contribution in [1.82, 2.24) is 0 Å². The van der Waals surface area contributed by atoms with Gasteiger partial charge >= 0.3 is 5.97 Å². The van der Waals surface area contributed by atoms with Crippen molar-refractivity contribution in [2.24, 2.45) is 11.7 Å². The van der Waals surface area contributed by atoms with Gasteiger partial charge in [-0.1, -0.05) is 0 Å². The first-order valence-corrected chi connectivity index (χ1v) is 3.11. The van der Waals surface area contributed by atoms with Gasteiger partial charge in [-0.05, 0) is 0 Å². The van der Waals surface area contributed by atoms with Crippen molar-refractivity contribution < 1.29 is 14.7 Å². The molecule has 0 bridgehead atoms. The van der Waals surface area contributed by atoms with Gasteiger partial charge in [0.15, 0.2) is 0 Å². The number of carbonyl (C=O) groups excluding carboxylic acids is 1. The van der Waals surface area contributed by atoms with Crippen molar-refractivity contribution >= 4 is 11.8 Å². The van der Waals surface area contributed by atoms with E-state index in [1.165, 1.54) is 0 Å². The molecule has 0 heterocycles. The van der Waals surface area contributed by atoms with Crippen molar-refractivity contribution in [1.29, 1.82) is 0 Å². The highest BCUT2D eigenvalue weighted by molar-refractivity contribution is 5.88. The summed E-state index contributed by atoms with van der Waals surface area (Å²) < 4.78 is 0. The van der Waals surface area contributed by atoms with Crippen molar-refractivity contribution in [3.63, 3.8) is 0 Å². The molecule has 0 aromatic carbocycles. The number of rotatable bonds is 1. The second kappa shape index (κ2) is 2.38. The molecule has 1 fully saturated rings. The zero-order valence-corrected chi connectivity index (χ0v) is 5.41. The summed E-state index contributed by atoms with van der Waals surface area (Å²) in [6, 6.07) is -0.468. The minimum atomic E-state index is -0.960. The third-order valence-electron chi connectivity index (χ3n) is 1.74. The van der Waals surface area contributed by atoms with Crippen LogP contribution >= 0.6 is 0 Å². The molecule has 0 spiro atoms. The lowest BCUT2D eigenvalue weighted by Crippen LogP contribution is -2.30. The molecule has 1 rings (SSSR count). The smallest absolute Gasteiger partial charge is 0.308 e. The molecule has 0 radical (unpaired) electrons. The van der Waals surface area contributed by atoms with E-state index < -0.39 is 17.9 Å².